The highest BCUT2D eigenvalue weighted by Crippen LogP contribution is 2.41. The van der Waals surface area contributed by atoms with Gasteiger partial charge in [-0.05, 0) is 31.1 Å². The Labute approximate surface area is 63.4 Å². The molecule has 0 aromatic heterocycles. The summed E-state index contributed by atoms with van der Waals surface area (Å²) < 4.78 is 0. The number of aliphatic hydroxyl groups is 1. The van der Waals surface area contributed by atoms with Gasteiger partial charge in [0.2, 0.25) is 0 Å². The van der Waals surface area contributed by atoms with Crippen molar-refractivity contribution >= 4 is 0 Å². The SMILES string of the molecule is CC(C)C(C)CC1(O)CC1. The van der Waals surface area contributed by atoms with Gasteiger partial charge in [0.05, 0.1) is 5.60 Å². The van der Waals surface area contributed by atoms with Crippen LogP contribution in [0.25, 0.3) is 0 Å². The molecule has 1 rings (SSSR count). The fraction of sp³-hybridized carbons (Fsp3) is 1.00. The van der Waals surface area contributed by atoms with E-state index >= 15 is 0 Å². The molecular formula is C9H18O. The van der Waals surface area contributed by atoms with Gasteiger partial charge >= 0.3 is 0 Å². The molecular weight excluding hydrogens is 124 g/mol. The fourth-order valence-electron chi connectivity index (χ4n) is 1.18. The quantitative estimate of drug-likeness (QED) is 0.640. The molecule has 1 N–H and O–H groups in total. The lowest BCUT2D eigenvalue weighted by atomic mass is 9.91. The Bertz CT molecular complexity index is 114. The summed E-state index contributed by atoms with van der Waals surface area (Å²) in [5, 5.41) is 9.55. The van der Waals surface area contributed by atoms with Crippen LogP contribution in [0.4, 0.5) is 0 Å². The molecule has 1 fully saturated rings. The Balaban J connectivity index is 2.24. The summed E-state index contributed by atoms with van der Waals surface area (Å²) in [5.41, 5.74) is -0.246. The molecule has 0 aromatic carbocycles. The van der Waals surface area contributed by atoms with Crippen LogP contribution in [0.2, 0.25) is 0 Å². The second kappa shape index (κ2) is 2.54. The molecule has 1 saturated carbocycles. The van der Waals surface area contributed by atoms with E-state index < -0.39 is 0 Å². The maximum Gasteiger partial charge on any atom is 0.0652 e. The Morgan fingerprint density at radius 1 is 1.30 bits per heavy atom. The van der Waals surface area contributed by atoms with E-state index in [0.717, 1.165) is 19.3 Å². The van der Waals surface area contributed by atoms with Gasteiger partial charge in [0.15, 0.2) is 0 Å². The van der Waals surface area contributed by atoms with E-state index in [1.807, 2.05) is 0 Å². The largest absolute Gasteiger partial charge is 0.390 e. The van der Waals surface area contributed by atoms with E-state index in [-0.39, 0.29) is 5.60 Å². The van der Waals surface area contributed by atoms with Crippen molar-refractivity contribution in [3.63, 3.8) is 0 Å². The summed E-state index contributed by atoms with van der Waals surface area (Å²) in [6, 6.07) is 0. The van der Waals surface area contributed by atoms with Crippen molar-refractivity contribution in [2.75, 3.05) is 0 Å². The van der Waals surface area contributed by atoms with Gasteiger partial charge in [0.1, 0.15) is 0 Å². The van der Waals surface area contributed by atoms with Crippen LogP contribution in [0.1, 0.15) is 40.0 Å². The normalized spacial score (nSPS) is 24.9. The van der Waals surface area contributed by atoms with Crippen molar-refractivity contribution < 1.29 is 5.11 Å². The predicted octanol–water partition coefficient (Wildman–Crippen LogP) is 2.19. The van der Waals surface area contributed by atoms with Crippen molar-refractivity contribution in [3.05, 3.63) is 0 Å². The molecule has 1 atom stereocenters. The molecule has 0 radical (unpaired) electrons. The van der Waals surface area contributed by atoms with Gasteiger partial charge in [-0.25, -0.2) is 0 Å². The molecule has 1 nitrogen and oxygen atoms in total. The highest BCUT2D eigenvalue weighted by molar-refractivity contribution is 4.94. The molecule has 0 bridgehead atoms. The first-order valence-corrected chi connectivity index (χ1v) is 4.26. The zero-order valence-electron chi connectivity index (χ0n) is 7.22. The highest BCUT2D eigenvalue weighted by Gasteiger charge is 2.41. The molecule has 60 valence electrons. The van der Waals surface area contributed by atoms with Crippen molar-refractivity contribution in [1.82, 2.24) is 0 Å². The van der Waals surface area contributed by atoms with Crippen LogP contribution in [0, 0.1) is 11.8 Å². The predicted molar refractivity (Wildman–Crippen MR) is 42.8 cm³/mol. The van der Waals surface area contributed by atoms with E-state index in [1.165, 1.54) is 0 Å². The third kappa shape index (κ3) is 1.98. The van der Waals surface area contributed by atoms with Crippen molar-refractivity contribution in [1.29, 1.82) is 0 Å². The van der Waals surface area contributed by atoms with E-state index in [4.69, 9.17) is 0 Å². The molecule has 0 aromatic rings. The van der Waals surface area contributed by atoms with Crippen LogP contribution in [0.5, 0.6) is 0 Å². The Morgan fingerprint density at radius 3 is 2.10 bits per heavy atom. The average molecular weight is 142 g/mol. The lowest BCUT2D eigenvalue weighted by Gasteiger charge is -2.18. The van der Waals surface area contributed by atoms with Gasteiger partial charge in [-0.3, -0.25) is 0 Å². The zero-order valence-corrected chi connectivity index (χ0v) is 7.22. The number of hydrogen-bond acceptors (Lipinski definition) is 1. The third-order valence-corrected chi connectivity index (χ3v) is 2.67. The highest BCUT2D eigenvalue weighted by atomic mass is 16.3. The molecule has 1 unspecified atom stereocenters. The minimum atomic E-state index is -0.246. The van der Waals surface area contributed by atoms with E-state index in [0.29, 0.717) is 11.8 Å². The van der Waals surface area contributed by atoms with Gasteiger partial charge < -0.3 is 5.11 Å². The zero-order chi connectivity index (χ0) is 7.78. The van der Waals surface area contributed by atoms with Crippen LogP contribution in [-0.2, 0) is 0 Å². The Kier molecular flexibility index (Phi) is 2.04. The van der Waals surface area contributed by atoms with E-state index in [1.54, 1.807) is 0 Å². The van der Waals surface area contributed by atoms with Gasteiger partial charge in [0.25, 0.3) is 0 Å². The lowest BCUT2D eigenvalue weighted by molar-refractivity contribution is 0.111. The Morgan fingerprint density at radius 2 is 1.80 bits per heavy atom. The average Bonchev–Trinajstić information content (AvgIpc) is 2.47. The van der Waals surface area contributed by atoms with Gasteiger partial charge in [-0.2, -0.15) is 0 Å². The van der Waals surface area contributed by atoms with Crippen molar-refractivity contribution in [3.8, 4) is 0 Å². The van der Waals surface area contributed by atoms with Crippen molar-refractivity contribution in [2.45, 2.75) is 45.6 Å². The van der Waals surface area contributed by atoms with Crippen LogP contribution in [-0.4, -0.2) is 10.7 Å². The summed E-state index contributed by atoms with van der Waals surface area (Å²) >= 11 is 0. The number of hydrogen-bond donors (Lipinski definition) is 1. The molecule has 0 aliphatic heterocycles. The van der Waals surface area contributed by atoms with Gasteiger partial charge in [-0.1, -0.05) is 20.8 Å². The third-order valence-electron chi connectivity index (χ3n) is 2.67. The molecule has 0 heterocycles. The number of rotatable bonds is 3. The molecule has 0 amide bonds. The summed E-state index contributed by atoms with van der Waals surface area (Å²) in [6.45, 7) is 6.66. The maximum absolute atomic E-state index is 9.55. The second-order valence-corrected chi connectivity index (χ2v) is 4.15. The van der Waals surface area contributed by atoms with Gasteiger partial charge in [0, 0.05) is 0 Å². The van der Waals surface area contributed by atoms with Crippen LogP contribution in [0.3, 0.4) is 0 Å². The lowest BCUT2D eigenvalue weighted by Crippen LogP contribution is -2.15. The first-order valence-electron chi connectivity index (χ1n) is 4.26. The van der Waals surface area contributed by atoms with E-state index in [9.17, 15) is 5.11 Å². The Hall–Kier alpha value is -0.0400. The smallest absolute Gasteiger partial charge is 0.0652 e. The van der Waals surface area contributed by atoms with Crippen LogP contribution in [0.15, 0.2) is 0 Å². The molecule has 0 spiro atoms. The summed E-state index contributed by atoms with van der Waals surface area (Å²) in [4.78, 5) is 0. The second-order valence-electron chi connectivity index (χ2n) is 4.15. The van der Waals surface area contributed by atoms with Crippen molar-refractivity contribution in [2.24, 2.45) is 11.8 Å². The molecule has 1 heteroatoms. The summed E-state index contributed by atoms with van der Waals surface area (Å²) in [5.74, 6) is 1.39. The minimum absolute atomic E-state index is 0.246. The molecule has 10 heavy (non-hydrogen) atoms. The first kappa shape index (κ1) is 8.06. The molecule has 0 saturated heterocycles. The fourth-order valence-corrected chi connectivity index (χ4v) is 1.18. The summed E-state index contributed by atoms with van der Waals surface area (Å²) in [7, 11) is 0. The topological polar surface area (TPSA) is 20.2 Å². The first-order chi connectivity index (χ1) is 4.53. The van der Waals surface area contributed by atoms with E-state index in [2.05, 4.69) is 20.8 Å². The monoisotopic (exact) mass is 142 g/mol. The summed E-state index contributed by atoms with van der Waals surface area (Å²) in [6.07, 6.45) is 3.07. The maximum atomic E-state index is 9.55. The standard InChI is InChI=1S/C9H18O/c1-7(2)8(3)6-9(10)4-5-9/h7-8,10H,4-6H2,1-3H3. The van der Waals surface area contributed by atoms with Gasteiger partial charge in [-0.15, -0.1) is 0 Å². The molecule has 1 aliphatic rings. The molecule has 1 aliphatic carbocycles. The minimum Gasteiger partial charge on any atom is -0.390 e. The van der Waals surface area contributed by atoms with Crippen LogP contribution >= 0.6 is 0 Å². The van der Waals surface area contributed by atoms with Crippen LogP contribution < -0.4 is 0 Å².